The Morgan fingerprint density at radius 2 is 2.07 bits per heavy atom. The number of ether oxygens (including phenoxy) is 3. The molecule has 2 heterocycles. The summed E-state index contributed by atoms with van der Waals surface area (Å²) in [6, 6.07) is 3.42. The van der Waals surface area contributed by atoms with Gasteiger partial charge in [-0.3, -0.25) is 9.69 Å². The summed E-state index contributed by atoms with van der Waals surface area (Å²) in [6.45, 7) is 8.75. The molecule has 3 rings (SSSR count). The third kappa shape index (κ3) is 5.06. The van der Waals surface area contributed by atoms with Gasteiger partial charge in [0.05, 0.1) is 32.0 Å². The maximum Gasteiger partial charge on any atom is 0.254 e. The molecule has 1 amide bonds. The molecule has 27 heavy (non-hydrogen) atoms. The van der Waals surface area contributed by atoms with E-state index in [2.05, 4.69) is 4.90 Å². The highest BCUT2D eigenvalue weighted by atomic mass is 35.5. The molecular weight excluding hydrogens is 368 g/mol. The van der Waals surface area contributed by atoms with E-state index in [4.69, 9.17) is 25.8 Å². The van der Waals surface area contributed by atoms with Crippen molar-refractivity contribution in [2.75, 3.05) is 59.7 Å². The van der Waals surface area contributed by atoms with Gasteiger partial charge in [-0.15, -0.1) is 0 Å². The van der Waals surface area contributed by atoms with Crippen molar-refractivity contribution < 1.29 is 19.0 Å². The highest BCUT2D eigenvalue weighted by molar-refractivity contribution is 6.32. The van der Waals surface area contributed by atoms with Crippen LogP contribution >= 0.6 is 11.6 Å². The molecule has 0 bridgehead atoms. The summed E-state index contributed by atoms with van der Waals surface area (Å²) in [5.74, 6) is 1.52. The Kier molecular flexibility index (Phi) is 7.21. The minimum Gasteiger partial charge on any atom is -0.493 e. The zero-order valence-corrected chi connectivity index (χ0v) is 17.0. The van der Waals surface area contributed by atoms with Crippen molar-refractivity contribution in [2.45, 2.75) is 19.8 Å². The Bertz CT molecular complexity index is 649. The minimum absolute atomic E-state index is 0.00159. The second-order valence-electron chi connectivity index (χ2n) is 7.16. The van der Waals surface area contributed by atoms with Crippen LogP contribution in [0.2, 0.25) is 5.02 Å². The lowest BCUT2D eigenvalue weighted by Crippen LogP contribution is -2.40. The third-order valence-corrected chi connectivity index (χ3v) is 5.40. The molecule has 0 unspecified atom stereocenters. The maximum atomic E-state index is 13.0. The molecule has 2 fully saturated rings. The van der Waals surface area contributed by atoms with Gasteiger partial charge in [0.2, 0.25) is 0 Å². The number of amides is 1. The average Bonchev–Trinajstić information content (AvgIpc) is 3.15. The van der Waals surface area contributed by atoms with Gasteiger partial charge in [-0.05, 0) is 30.9 Å². The molecule has 1 aromatic carbocycles. The number of likely N-dealkylation sites (tertiary alicyclic amines) is 1. The number of benzene rings is 1. The van der Waals surface area contributed by atoms with E-state index in [1.54, 1.807) is 19.2 Å². The first-order valence-electron chi connectivity index (χ1n) is 9.72. The fourth-order valence-corrected chi connectivity index (χ4v) is 3.95. The number of morpholine rings is 1. The minimum atomic E-state index is 0.00159. The van der Waals surface area contributed by atoms with Gasteiger partial charge in [0.15, 0.2) is 11.5 Å². The quantitative estimate of drug-likeness (QED) is 0.709. The molecule has 0 aliphatic carbocycles. The van der Waals surface area contributed by atoms with Crippen molar-refractivity contribution in [3.63, 3.8) is 0 Å². The van der Waals surface area contributed by atoms with E-state index in [0.29, 0.717) is 34.6 Å². The number of nitrogens with zero attached hydrogens (tertiary/aromatic N) is 2. The summed E-state index contributed by atoms with van der Waals surface area (Å²) in [5.41, 5.74) is 0.549. The van der Waals surface area contributed by atoms with Crippen LogP contribution in [0.4, 0.5) is 0 Å². The molecular formula is C20H29ClN2O4. The van der Waals surface area contributed by atoms with Crippen LogP contribution in [0.5, 0.6) is 11.5 Å². The molecule has 7 heteroatoms. The Morgan fingerprint density at radius 1 is 1.30 bits per heavy atom. The summed E-state index contributed by atoms with van der Waals surface area (Å²) in [7, 11) is 1.56. The van der Waals surface area contributed by atoms with Gasteiger partial charge in [-0.25, -0.2) is 0 Å². The van der Waals surface area contributed by atoms with Crippen LogP contribution in [0, 0.1) is 5.92 Å². The van der Waals surface area contributed by atoms with Gasteiger partial charge < -0.3 is 19.1 Å². The Balaban J connectivity index is 1.64. The fraction of sp³-hybridized carbons (Fsp3) is 0.650. The van der Waals surface area contributed by atoms with Gasteiger partial charge in [-0.1, -0.05) is 18.5 Å². The van der Waals surface area contributed by atoms with Gasteiger partial charge >= 0.3 is 0 Å². The number of carbonyl (C=O) groups excluding carboxylic acids is 1. The first-order valence-corrected chi connectivity index (χ1v) is 10.1. The zero-order valence-electron chi connectivity index (χ0n) is 16.2. The number of carbonyl (C=O) groups is 1. The van der Waals surface area contributed by atoms with E-state index in [9.17, 15) is 4.79 Å². The summed E-state index contributed by atoms with van der Waals surface area (Å²) < 4.78 is 16.5. The highest BCUT2D eigenvalue weighted by Crippen LogP contribution is 2.37. The monoisotopic (exact) mass is 396 g/mol. The van der Waals surface area contributed by atoms with Crippen molar-refractivity contribution in [2.24, 2.45) is 5.92 Å². The molecule has 0 N–H and O–H groups in total. The van der Waals surface area contributed by atoms with Crippen LogP contribution in [-0.2, 0) is 4.74 Å². The molecule has 150 valence electrons. The number of hydrogen-bond donors (Lipinski definition) is 0. The Hall–Kier alpha value is -1.50. The topological polar surface area (TPSA) is 51.2 Å². The standard InChI is InChI=1S/C20H29ClN2O4/c1-3-8-27-19-17(21)11-16(12-18(19)25-2)20(24)23-5-4-15(14-23)13-22-6-9-26-10-7-22/h11-12,15H,3-10,13-14H2,1-2H3/t15-/m1/s1. The summed E-state index contributed by atoms with van der Waals surface area (Å²) >= 11 is 6.36. The van der Waals surface area contributed by atoms with Crippen molar-refractivity contribution in [3.05, 3.63) is 22.7 Å². The van der Waals surface area contributed by atoms with Crippen LogP contribution in [0.3, 0.4) is 0 Å². The zero-order chi connectivity index (χ0) is 19.2. The molecule has 2 aliphatic rings. The van der Waals surface area contributed by atoms with E-state index in [1.807, 2.05) is 11.8 Å². The van der Waals surface area contributed by atoms with Crippen LogP contribution < -0.4 is 9.47 Å². The van der Waals surface area contributed by atoms with Crippen molar-refractivity contribution >= 4 is 17.5 Å². The van der Waals surface area contributed by atoms with Crippen LogP contribution in [0.25, 0.3) is 0 Å². The first-order chi connectivity index (χ1) is 13.1. The van der Waals surface area contributed by atoms with Crippen LogP contribution in [0.1, 0.15) is 30.1 Å². The molecule has 0 saturated carbocycles. The lowest BCUT2D eigenvalue weighted by Gasteiger charge is -2.29. The molecule has 1 aromatic rings. The average molecular weight is 397 g/mol. The third-order valence-electron chi connectivity index (χ3n) is 5.12. The lowest BCUT2D eigenvalue weighted by molar-refractivity contribution is 0.0310. The largest absolute Gasteiger partial charge is 0.493 e. The molecule has 0 aromatic heterocycles. The first kappa shape index (κ1) is 20.2. The van der Waals surface area contributed by atoms with Gasteiger partial charge in [0, 0.05) is 38.3 Å². The van der Waals surface area contributed by atoms with E-state index in [0.717, 1.165) is 58.8 Å². The smallest absolute Gasteiger partial charge is 0.254 e. The van der Waals surface area contributed by atoms with Crippen molar-refractivity contribution in [1.29, 1.82) is 0 Å². The molecule has 1 atom stereocenters. The normalized spacial score (nSPS) is 20.7. The van der Waals surface area contributed by atoms with Gasteiger partial charge in [-0.2, -0.15) is 0 Å². The molecule has 2 saturated heterocycles. The van der Waals surface area contributed by atoms with Crippen molar-refractivity contribution in [3.8, 4) is 11.5 Å². The maximum absolute atomic E-state index is 13.0. The van der Waals surface area contributed by atoms with Gasteiger partial charge in [0.1, 0.15) is 0 Å². The fourth-order valence-electron chi connectivity index (χ4n) is 3.69. The van der Waals surface area contributed by atoms with E-state index < -0.39 is 0 Å². The summed E-state index contributed by atoms with van der Waals surface area (Å²) in [4.78, 5) is 17.3. The summed E-state index contributed by atoms with van der Waals surface area (Å²) in [6.07, 6.45) is 1.91. The van der Waals surface area contributed by atoms with Crippen LogP contribution in [-0.4, -0.2) is 75.4 Å². The highest BCUT2D eigenvalue weighted by Gasteiger charge is 2.29. The Labute approximate surface area is 166 Å². The second-order valence-corrected chi connectivity index (χ2v) is 7.56. The molecule has 6 nitrogen and oxygen atoms in total. The van der Waals surface area contributed by atoms with Crippen LogP contribution in [0.15, 0.2) is 12.1 Å². The number of hydrogen-bond acceptors (Lipinski definition) is 5. The SMILES string of the molecule is CCCOc1c(Cl)cc(C(=O)N2CC[C@H](CN3CCOCC3)C2)cc1OC. The van der Waals surface area contributed by atoms with E-state index in [1.165, 1.54) is 0 Å². The van der Waals surface area contributed by atoms with Gasteiger partial charge in [0.25, 0.3) is 5.91 Å². The predicted molar refractivity (Wildman–Crippen MR) is 105 cm³/mol. The summed E-state index contributed by atoms with van der Waals surface area (Å²) in [5, 5.41) is 0.412. The second kappa shape index (κ2) is 9.62. The van der Waals surface area contributed by atoms with Crippen molar-refractivity contribution in [1.82, 2.24) is 9.80 Å². The van der Waals surface area contributed by atoms with E-state index in [-0.39, 0.29) is 5.91 Å². The molecule has 2 aliphatic heterocycles. The number of rotatable bonds is 7. The predicted octanol–water partition coefficient (Wildman–Crippen LogP) is 2.93. The molecule has 0 spiro atoms. The Morgan fingerprint density at radius 3 is 2.78 bits per heavy atom. The molecule has 0 radical (unpaired) electrons. The number of methoxy groups -OCH3 is 1. The van der Waals surface area contributed by atoms with E-state index >= 15 is 0 Å². The number of halogens is 1. The lowest BCUT2D eigenvalue weighted by atomic mass is 10.1.